The van der Waals surface area contributed by atoms with E-state index in [0.717, 1.165) is 34.0 Å². The predicted molar refractivity (Wildman–Crippen MR) is 64.8 cm³/mol. The molecule has 0 spiro atoms. The van der Waals surface area contributed by atoms with Crippen LogP contribution in [0.15, 0.2) is 14.5 Å². The van der Waals surface area contributed by atoms with Gasteiger partial charge >= 0.3 is 0 Å². The molecule has 7 heteroatoms. The van der Waals surface area contributed by atoms with Crippen molar-refractivity contribution in [1.82, 2.24) is 4.72 Å². The molecule has 1 aromatic rings. The number of sulfonamides is 1. The summed E-state index contributed by atoms with van der Waals surface area (Å²) in [4.78, 5) is 0. The molecule has 0 radical (unpaired) electrons. The first-order chi connectivity index (χ1) is 7.45. The van der Waals surface area contributed by atoms with Crippen LogP contribution in [0, 0.1) is 0 Å². The Morgan fingerprint density at radius 3 is 2.88 bits per heavy atom. The fourth-order valence-corrected chi connectivity index (χ4v) is 6.09. The molecule has 0 aliphatic carbocycles. The number of hydrogen-bond donors (Lipinski definition) is 1. The summed E-state index contributed by atoms with van der Waals surface area (Å²) in [5, 5.41) is 0.122. The van der Waals surface area contributed by atoms with E-state index in [-0.39, 0.29) is 9.46 Å². The Balaban J connectivity index is 2.50. The second-order valence-electron chi connectivity index (χ2n) is 3.73. The topological polar surface area (TPSA) is 63.2 Å². The maximum absolute atomic E-state index is 12.0. The van der Waals surface area contributed by atoms with Crippen LogP contribution in [0.3, 0.4) is 0 Å². The van der Waals surface area contributed by atoms with Gasteiger partial charge < -0.3 is 0 Å². The normalized spacial score (nSPS) is 25.4. The van der Waals surface area contributed by atoms with Crippen LogP contribution in [-0.2, 0) is 27.2 Å². The zero-order chi connectivity index (χ0) is 11.9. The number of rotatable bonds is 2. The molecule has 0 amide bonds. The van der Waals surface area contributed by atoms with E-state index < -0.39 is 20.8 Å². The van der Waals surface area contributed by atoms with Crippen LogP contribution in [0.2, 0.25) is 0 Å². The van der Waals surface area contributed by atoms with E-state index in [2.05, 4.69) is 4.72 Å². The van der Waals surface area contributed by atoms with Crippen LogP contribution in [0.4, 0.5) is 0 Å². The standard InChI is InChI=1S/C9H13NO3S3/c1-6-3-4-7-5-8(16(12,13)10-2)14-9(7)15(6)11/h5-6,10H,3-4H2,1-2H3. The minimum Gasteiger partial charge on any atom is -0.253 e. The van der Waals surface area contributed by atoms with Gasteiger partial charge in [0.15, 0.2) is 0 Å². The Kier molecular flexibility index (Phi) is 3.22. The van der Waals surface area contributed by atoms with E-state index in [0.29, 0.717) is 0 Å². The van der Waals surface area contributed by atoms with Crippen molar-refractivity contribution in [1.29, 1.82) is 0 Å². The summed E-state index contributed by atoms with van der Waals surface area (Å²) in [5.74, 6) is 0. The second-order valence-corrected chi connectivity index (χ2v) is 8.96. The minimum absolute atomic E-state index is 0.122. The second kappa shape index (κ2) is 4.21. The zero-order valence-electron chi connectivity index (χ0n) is 9.02. The minimum atomic E-state index is -3.40. The Morgan fingerprint density at radius 1 is 1.56 bits per heavy atom. The molecule has 0 saturated heterocycles. The quantitative estimate of drug-likeness (QED) is 0.881. The molecule has 0 aromatic carbocycles. The van der Waals surface area contributed by atoms with Gasteiger partial charge in [0.05, 0.1) is 15.0 Å². The van der Waals surface area contributed by atoms with Gasteiger partial charge in [-0.25, -0.2) is 13.1 Å². The van der Waals surface area contributed by atoms with Crippen molar-refractivity contribution in [3.05, 3.63) is 11.6 Å². The molecule has 2 atom stereocenters. The number of thiophene rings is 1. The van der Waals surface area contributed by atoms with Gasteiger partial charge in [-0.2, -0.15) is 0 Å². The predicted octanol–water partition coefficient (Wildman–Crippen LogP) is 1.10. The van der Waals surface area contributed by atoms with Crippen LogP contribution in [-0.4, -0.2) is 24.9 Å². The molecule has 0 fully saturated rings. The van der Waals surface area contributed by atoms with Gasteiger partial charge in [-0.15, -0.1) is 11.3 Å². The van der Waals surface area contributed by atoms with Crippen molar-refractivity contribution >= 4 is 32.2 Å². The summed E-state index contributed by atoms with van der Waals surface area (Å²) >= 11 is 1.13. The van der Waals surface area contributed by atoms with Crippen LogP contribution >= 0.6 is 11.3 Å². The van der Waals surface area contributed by atoms with Crippen molar-refractivity contribution in [2.75, 3.05) is 7.05 Å². The van der Waals surface area contributed by atoms with E-state index in [9.17, 15) is 12.6 Å². The van der Waals surface area contributed by atoms with Crippen molar-refractivity contribution < 1.29 is 12.6 Å². The van der Waals surface area contributed by atoms with E-state index in [1.807, 2.05) is 6.92 Å². The highest BCUT2D eigenvalue weighted by molar-refractivity contribution is 7.93. The third kappa shape index (κ3) is 1.97. The van der Waals surface area contributed by atoms with Gasteiger partial charge in [0.1, 0.15) is 4.21 Å². The van der Waals surface area contributed by atoms with Gasteiger partial charge in [0.2, 0.25) is 10.0 Å². The average Bonchev–Trinajstić information content (AvgIpc) is 2.69. The maximum Gasteiger partial charge on any atom is 0.249 e. The third-order valence-electron chi connectivity index (χ3n) is 2.65. The van der Waals surface area contributed by atoms with Crippen molar-refractivity contribution in [3.8, 4) is 0 Å². The molecule has 1 aliphatic rings. The number of fused-ring (bicyclic) bond motifs is 1. The molecule has 0 bridgehead atoms. The molecule has 90 valence electrons. The molecular weight excluding hydrogens is 266 g/mol. The monoisotopic (exact) mass is 279 g/mol. The highest BCUT2D eigenvalue weighted by Gasteiger charge is 2.28. The molecule has 2 heterocycles. The summed E-state index contributed by atoms with van der Waals surface area (Å²) in [6.07, 6.45) is 1.67. The summed E-state index contributed by atoms with van der Waals surface area (Å²) in [5.41, 5.74) is 0.926. The molecule has 2 unspecified atom stereocenters. The van der Waals surface area contributed by atoms with E-state index in [1.54, 1.807) is 6.07 Å². The Bertz CT molecular complexity index is 532. The first-order valence-electron chi connectivity index (χ1n) is 4.92. The largest absolute Gasteiger partial charge is 0.253 e. The average molecular weight is 279 g/mol. The molecule has 2 rings (SSSR count). The molecule has 1 aliphatic heterocycles. The van der Waals surface area contributed by atoms with Crippen molar-refractivity contribution in [2.24, 2.45) is 0 Å². The fraction of sp³-hybridized carbons (Fsp3) is 0.556. The van der Waals surface area contributed by atoms with Gasteiger partial charge in [-0.1, -0.05) is 6.92 Å². The molecule has 4 nitrogen and oxygen atoms in total. The summed E-state index contributed by atoms with van der Waals surface area (Å²) in [6.45, 7) is 1.94. The Hall–Kier alpha value is -0.240. The Morgan fingerprint density at radius 2 is 2.25 bits per heavy atom. The molecule has 1 aromatic heterocycles. The summed E-state index contributed by atoms with van der Waals surface area (Å²) in [7, 11) is -3.07. The van der Waals surface area contributed by atoms with Crippen LogP contribution in [0.25, 0.3) is 0 Å². The fourth-order valence-electron chi connectivity index (χ4n) is 1.61. The first kappa shape index (κ1) is 12.2. The lowest BCUT2D eigenvalue weighted by atomic mass is 10.1. The van der Waals surface area contributed by atoms with E-state index >= 15 is 0 Å². The number of hydrogen-bond acceptors (Lipinski definition) is 4. The molecular formula is C9H13NO3S3. The molecule has 1 N–H and O–H groups in total. The van der Waals surface area contributed by atoms with Crippen LogP contribution in [0.5, 0.6) is 0 Å². The van der Waals surface area contributed by atoms with E-state index in [1.165, 1.54) is 7.05 Å². The van der Waals surface area contributed by atoms with Gasteiger partial charge in [-0.05, 0) is 31.5 Å². The van der Waals surface area contributed by atoms with Crippen molar-refractivity contribution in [2.45, 2.75) is 33.4 Å². The molecule has 16 heavy (non-hydrogen) atoms. The van der Waals surface area contributed by atoms with Gasteiger partial charge in [-0.3, -0.25) is 4.21 Å². The SMILES string of the molecule is CNS(=O)(=O)c1cc2c(s1)S(=O)C(C)CC2. The first-order valence-corrected chi connectivity index (χ1v) is 8.44. The lowest BCUT2D eigenvalue weighted by Gasteiger charge is -2.16. The van der Waals surface area contributed by atoms with Gasteiger partial charge in [0, 0.05) is 5.25 Å². The lowest BCUT2D eigenvalue weighted by Crippen LogP contribution is -2.17. The highest BCUT2D eigenvalue weighted by atomic mass is 32.3. The highest BCUT2D eigenvalue weighted by Crippen LogP contribution is 2.35. The van der Waals surface area contributed by atoms with Crippen LogP contribution < -0.4 is 4.72 Å². The van der Waals surface area contributed by atoms with Crippen molar-refractivity contribution in [3.63, 3.8) is 0 Å². The number of aryl methyl sites for hydroxylation is 1. The zero-order valence-corrected chi connectivity index (χ0v) is 11.5. The van der Waals surface area contributed by atoms with E-state index in [4.69, 9.17) is 0 Å². The number of nitrogens with one attached hydrogen (secondary N) is 1. The maximum atomic E-state index is 12.0. The van der Waals surface area contributed by atoms with Gasteiger partial charge in [0.25, 0.3) is 0 Å². The lowest BCUT2D eigenvalue weighted by molar-refractivity contribution is 0.590. The third-order valence-corrected chi connectivity index (χ3v) is 7.85. The summed E-state index contributed by atoms with van der Waals surface area (Å²) in [6, 6.07) is 1.65. The summed E-state index contributed by atoms with van der Waals surface area (Å²) < 4.78 is 38.4. The Labute approximate surface area is 102 Å². The van der Waals surface area contributed by atoms with Crippen LogP contribution in [0.1, 0.15) is 18.9 Å². The molecule has 0 saturated carbocycles. The smallest absolute Gasteiger partial charge is 0.249 e.